The van der Waals surface area contributed by atoms with Crippen molar-refractivity contribution in [3.8, 4) is 0 Å². The smallest absolute Gasteiger partial charge is 0.341 e. The van der Waals surface area contributed by atoms with Gasteiger partial charge in [0.2, 0.25) is 0 Å². The first-order valence-corrected chi connectivity index (χ1v) is 5.39. The summed E-state index contributed by atoms with van der Waals surface area (Å²) in [6.45, 7) is 1.96. The summed E-state index contributed by atoms with van der Waals surface area (Å²) in [6, 6.07) is 4.06. The van der Waals surface area contributed by atoms with E-state index in [1.54, 1.807) is 6.92 Å². The van der Waals surface area contributed by atoms with Gasteiger partial charge in [-0.25, -0.2) is 9.18 Å². The van der Waals surface area contributed by atoms with Crippen LogP contribution < -0.4 is 11.3 Å². The van der Waals surface area contributed by atoms with E-state index in [4.69, 9.17) is 10.6 Å². The first kappa shape index (κ1) is 12.3. The highest BCUT2D eigenvalue weighted by atomic mass is 19.1. The van der Waals surface area contributed by atoms with Gasteiger partial charge >= 0.3 is 5.97 Å². The second-order valence-electron chi connectivity index (χ2n) is 3.57. The molecule has 0 aliphatic rings. The van der Waals surface area contributed by atoms with Crippen molar-refractivity contribution < 1.29 is 13.9 Å². The Hall–Kier alpha value is -2.21. The molecule has 0 fully saturated rings. The van der Waals surface area contributed by atoms with Crippen LogP contribution in [0.15, 0.2) is 24.4 Å². The lowest BCUT2D eigenvalue weighted by Gasteiger charge is -2.10. The van der Waals surface area contributed by atoms with E-state index < -0.39 is 11.8 Å². The SMILES string of the molecule is CCOC(=O)c1cnc2cc(F)ccc2c1NN. The number of rotatable bonds is 3. The van der Waals surface area contributed by atoms with E-state index in [1.807, 2.05) is 0 Å². The number of benzene rings is 1. The fourth-order valence-electron chi connectivity index (χ4n) is 1.69. The quantitative estimate of drug-likeness (QED) is 0.493. The Morgan fingerprint density at radius 3 is 3.00 bits per heavy atom. The summed E-state index contributed by atoms with van der Waals surface area (Å²) in [5.41, 5.74) is 3.44. The zero-order valence-corrected chi connectivity index (χ0v) is 9.74. The van der Waals surface area contributed by atoms with Gasteiger partial charge in [0.05, 0.1) is 17.8 Å². The van der Waals surface area contributed by atoms with Crippen molar-refractivity contribution in [2.45, 2.75) is 6.92 Å². The van der Waals surface area contributed by atoms with Crippen LogP contribution in [0, 0.1) is 5.82 Å². The molecule has 3 N–H and O–H groups in total. The number of carbonyl (C=O) groups is 1. The van der Waals surface area contributed by atoms with Gasteiger partial charge in [-0.15, -0.1) is 0 Å². The molecular formula is C12H12FN3O2. The standard InChI is InChI=1S/C12H12FN3O2/c1-2-18-12(17)9-6-15-10-5-7(13)3-4-8(10)11(9)16-14/h3-6H,2,14H2,1H3,(H,15,16). The first-order valence-electron chi connectivity index (χ1n) is 5.39. The number of nitrogen functional groups attached to an aromatic ring is 1. The molecule has 0 saturated heterocycles. The van der Waals surface area contributed by atoms with Crippen molar-refractivity contribution in [1.82, 2.24) is 4.98 Å². The number of esters is 1. The van der Waals surface area contributed by atoms with Crippen LogP contribution >= 0.6 is 0 Å². The van der Waals surface area contributed by atoms with E-state index in [0.29, 0.717) is 16.6 Å². The highest BCUT2D eigenvalue weighted by Gasteiger charge is 2.16. The Morgan fingerprint density at radius 2 is 2.33 bits per heavy atom. The lowest BCUT2D eigenvalue weighted by atomic mass is 10.1. The summed E-state index contributed by atoms with van der Waals surface area (Å²) in [4.78, 5) is 15.7. The predicted octanol–water partition coefficient (Wildman–Crippen LogP) is 1.84. The maximum Gasteiger partial charge on any atom is 0.341 e. The summed E-state index contributed by atoms with van der Waals surface area (Å²) in [5.74, 6) is 4.48. The number of fused-ring (bicyclic) bond motifs is 1. The van der Waals surface area contributed by atoms with E-state index in [1.165, 1.54) is 24.4 Å². The molecule has 1 aromatic carbocycles. The van der Waals surface area contributed by atoms with E-state index in [2.05, 4.69) is 10.4 Å². The molecule has 1 aromatic heterocycles. The molecule has 5 nitrogen and oxygen atoms in total. The molecule has 0 radical (unpaired) electrons. The summed E-state index contributed by atoms with van der Waals surface area (Å²) in [7, 11) is 0. The highest BCUT2D eigenvalue weighted by molar-refractivity contribution is 6.04. The lowest BCUT2D eigenvalue weighted by molar-refractivity contribution is 0.0527. The van der Waals surface area contributed by atoms with Crippen molar-refractivity contribution in [2.75, 3.05) is 12.0 Å². The number of carbonyl (C=O) groups excluding carboxylic acids is 1. The van der Waals surface area contributed by atoms with Crippen LogP contribution in [-0.4, -0.2) is 17.6 Å². The fraction of sp³-hybridized carbons (Fsp3) is 0.167. The highest BCUT2D eigenvalue weighted by Crippen LogP contribution is 2.26. The zero-order chi connectivity index (χ0) is 13.1. The number of ether oxygens (including phenoxy) is 1. The number of nitrogens with two attached hydrogens (primary N) is 1. The number of nitrogens with zero attached hydrogens (tertiary/aromatic N) is 1. The average Bonchev–Trinajstić information content (AvgIpc) is 2.37. The van der Waals surface area contributed by atoms with Gasteiger partial charge < -0.3 is 10.2 Å². The number of halogens is 1. The van der Waals surface area contributed by atoms with Gasteiger partial charge in [-0.05, 0) is 19.1 Å². The van der Waals surface area contributed by atoms with Gasteiger partial charge in [0, 0.05) is 17.6 Å². The van der Waals surface area contributed by atoms with Crippen LogP contribution in [-0.2, 0) is 4.74 Å². The summed E-state index contributed by atoms with van der Waals surface area (Å²) < 4.78 is 18.0. The minimum Gasteiger partial charge on any atom is -0.462 e. The van der Waals surface area contributed by atoms with Gasteiger partial charge in [0.15, 0.2) is 0 Å². The Bertz CT molecular complexity index is 601. The molecule has 2 aromatic rings. The number of pyridine rings is 1. The van der Waals surface area contributed by atoms with Gasteiger partial charge in [-0.2, -0.15) is 0 Å². The molecule has 0 saturated carbocycles. The lowest BCUT2D eigenvalue weighted by Crippen LogP contribution is -2.15. The van der Waals surface area contributed by atoms with Crippen molar-refractivity contribution in [3.63, 3.8) is 0 Å². The summed E-state index contributed by atoms with van der Waals surface area (Å²) >= 11 is 0. The molecule has 0 unspecified atom stereocenters. The van der Waals surface area contributed by atoms with Crippen LogP contribution in [0.1, 0.15) is 17.3 Å². The van der Waals surface area contributed by atoms with Gasteiger partial charge in [0.25, 0.3) is 0 Å². The molecule has 94 valence electrons. The molecular weight excluding hydrogens is 237 g/mol. The van der Waals surface area contributed by atoms with Crippen molar-refractivity contribution in [1.29, 1.82) is 0 Å². The van der Waals surface area contributed by atoms with Crippen LogP contribution in [0.2, 0.25) is 0 Å². The maximum absolute atomic E-state index is 13.1. The van der Waals surface area contributed by atoms with Gasteiger partial charge in [-0.3, -0.25) is 10.8 Å². The molecule has 6 heteroatoms. The topological polar surface area (TPSA) is 77.2 Å². The third-order valence-electron chi connectivity index (χ3n) is 2.47. The van der Waals surface area contributed by atoms with E-state index in [-0.39, 0.29) is 12.2 Å². The number of anilines is 1. The Kier molecular flexibility index (Phi) is 3.38. The third kappa shape index (κ3) is 2.10. The zero-order valence-electron chi connectivity index (χ0n) is 9.74. The maximum atomic E-state index is 13.1. The number of nitrogens with one attached hydrogen (secondary N) is 1. The first-order chi connectivity index (χ1) is 8.67. The largest absolute Gasteiger partial charge is 0.462 e. The summed E-state index contributed by atoms with van der Waals surface area (Å²) in [6.07, 6.45) is 1.31. The molecule has 18 heavy (non-hydrogen) atoms. The predicted molar refractivity (Wildman–Crippen MR) is 65.5 cm³/mol. The minimum absolute atomic E-state index is 0.221. The second-order valence-corrected chi connectivity index (χ2v) is 3.57. The Balaban J connectivity index is 2.62. The number of hydrogen-bond acceptors (Lipinski definition) is 5. The molecule has 0 atom stereocenters. The van der Waals surface area contributed by atoms with E-state index >= 15 is 0 Å². The molecule has 1 heterocycles. The van der Waals surface area contributed by atoms with E-state index in [0.717, 1.165) is 0 Å². The van der Waals surface area contributed by atoms with Gasteiger partial charge in [0.1, 0.15) is 11.4 Å². The third-order valence-corrected chi connectivity index (χ3v) is 2.47. The number of aromatic nitrogens is 1. The number of hydrazine groups is 1. The van der Waals surface area contributed by atoms with Crippen LogP contribution in [0.25, 0.3) is 10.9 Å². The molecule has 0 amide bonds. The second kappa shape index (κ2) is 4.97. The molecule has 0 aliphatic heterocycles. The molecule has 0 aliphatic carbocycles. The Morgan fingerprint density at radius 1 is 1.56 bits per heavy atom. The van der Waals surface area contributed by atoms with Crippen LogP contribution in [0.5, 0.6) is 0 Å². The normalized spacial score (nSPS) is 10.4. The van der Waals surface area contributed by atoms with Crippen molar-refractivity contribution in [3.05, 3.63) is 35.8 Å². The summed E-state index contributed by atoms with van der Waals surface area (Å²) in [5, 5.41) is 0.560. The van der Waals surface area contributed by atoms with Crippen LogP contribution in [0.4, 0.5) is 10.1 Å². The van der Waals surface area contributed by atoms with E-state index in [9.17, 15) is 9.18 Å². The van der Waals surface area contributed by atoms with Crippen molar-refractivity contribution >= 4 is 22.6 Å². The minimum atomic E-state index is -0.524. The Labute approximate surface area is 103 Å². The van der Waals surface area contributed by atoms with Gasteiger partial charge in [-0.1, -0.05) is 0 Å². The molecule has 0 bridgehead atoms. The van der Waals surface area contributed by atoms with Crippen LogP contribution in [0.3, 0.4) is 0 Å². The molecule has 2 rings (SSSR count). The molecule has 0 spiro atoms. The average molecular weight is 249 g/mol. The van der Waals surface area contributed by atoms with Crippen molar-refractivity contribution in [2.24, 2.45) is 5.84 Å². The monoisotopic (exact) mass is 249 g/mol. The fourth-order valence-corrected chi connectivity index (χ4v) is 1.69. The number of hydrogen-bond donors (Lipinski definition) is 2.